The Hall–Kier alpha value is -16.8. The van der Waals surface area contributed by atoms with Crippen LogP contribution in [0.1, 0.15) is 102 Å². The van der Waals surface area contributed by atoms with Crippen LogP contribution in [0.15, 0.2) is 235 Å². The largest absolute Gasteiger partial charge is 0.497 e. The number of ether oxygens (including phenoxy) is 9. The average Bonchev–Trinajstić information content (AvgIpc) is 0.873. The van der Waals surface area contributed by atoms with Crippen molar-refractivity contribution < 1.29 is 155 Å². The molecule has 1 aliphatic heterocycles. The number of hydrogen-bond donors (Lipinski definition) is 8. The SMILES string of the molecule is COc1cc(OC=O)cc(C(=O)O)c1.Cc1cc(-c2ccc(C(=O)O)cc2)c(C)cc1-c1ccc(OC=O)cc1.N#Cc1cc(OC=O)cc(C(=O)O)c1.O=COC1CCC(C(=O)O)O1.O=COc1cc(Br)cc(C(=O)O)c1.O=COc1ccc(-c2cc(-c3ccc(C(=O)O)cc3)cc(-c3ccc(C(=O)O)cc3)c2)cc1.O=COc1cccc(C(=O)O)c1. The molecule has 1 fully saturated rings. The number of carbonyl (C=O) groups excluding carboxylic acids is 7. The number of rotatable bonds is 28. The van der Waals surface area contributed by atoms with Gasteiger partial charge in [0.05, 0.1) is 57.7 Å². The highest BCUT2D eigenvalue weighted by Crippen LogP contribution is 2.36. The molecule has 1 aliphatic rings. The van der Waals surface area contributed by atoms with Gasteiger partial charge in [0, 0.05) is 17.0 Å². The first-order valence-electron chi connectivity index (χ1n) is 35.0. The molecule has 11 aromatic rings. The molecule has 1 saturated heterocycles. The van der Waals surface area contributed by atoms with Crippen molar-refractivity contribution in [3.05, 3.63) is 291 Å². The van der Waals surface area contributed by atoms with Gasteiger partial charge in [-0.2, -0.15) is 5.26 Å². The second kappa shape index (κ2) is 48.0. The molecule has 33 nitrogen and oxygen atoms in total. The first-order valence-corrected chi connectivity index (χ1v) is 35.8. The molecule has 34 heteroatoms. The standard InChI is InChI=1S/C27H18O6.C22H18O4.C9H5NO4.C9H8O5.C8H5BrO4.C8H6O4.C6H8O5/c28-16-33-25-11-9-19(10-12-25)24-14-22(17-1-5-20(6-2-17)26(29)30)13-23(15-24)18-3-7-21(8-4-18)27(31)32;1-14-12-21(17-7-9-19(10-8-17)26-13-23)15(2)11-20(14)16-3-5-18(6-4-16)22(24)25;10-4-6-1-7(9(12)13)3-8(2-6)14-5-11;1-13-7-2-6(9(11)12)3-8(4-7)14-5-10;9-6-1-5(8(11)12)2-7(3-6)13-4-10;9-5-12-7-3-1-2-6(4-7)8(10)11;7-3-10-5-2-1-4(11-5)6(8)9/h1-16H,(H,29,30)(H,31,32);3-13H,1-2H3,(H,24,25);1-3,5H,(H,12,13);2-5H,1H3,(H,11,12);1-4H,(H,11,12);1-5H,(H,10,11);3-5H,1-2H2,(H,8,9). The number of halogens is 1. The van der Waals surface area contributed by atoms with Crippen LogP contribution >= 0.6 is 15.9 Å². The number of benzene rings is 11. The number of aliphatic carboxylic acids is 1. The Kier molecular flexibility index (Phi) is 37.1. The van der Waals surface area contributed by atoms with E-state index in [0.29, 0.717) is 47.5 Å². The van der Waals surface area contributed by atoms with Gasteiger partial charge in [-0.3, -0.25) is 33.6 Å². The Labute approximate surface area is 704 Å². The van der Waals surface area contributed by atoms with E-state index < -0.39 is 60.1 Å². The van der Waals surface area contributed by atoms with E-state index in [0.717, 1.165) is 72.8 Å². The van der Waals surface area contributed by atoms with Crippen molar-refractivity contribution in [1.82, 2.24) is 0 Å². The Morgan fingerprint density at radius 2 is 0.675 bits per heavy atom. The number of aryl methyl sites for hydroxylation is 2. The van der Waals surface area contributed by atoms with Crippen LogP contribution in [0.4, 0.5) is 0 Å². The highest BCUT2D eigenvalue weighted by Gasteiger charge is 2.31. The van der Waals surface area contributed by atoms with E-state index in [4.69, 9.17) is 54.8 Å². The van der Waals surface area contributed by atoms with Gasteiger partial charge in [-0.05, 0) is 233 Å². The molecule has 0 aromatic heterocycles. The van der Waals surface area contributed by atoms with Gasteiger partial charge in [0.15, 0.2) is 6.10 Å². The summed E-state index contributed by atoms with van der Waals surface area (Å²) in [6, 6.07) is 64.0. The second-order valence-corrected chi connectivity index (χ2v) is 25.6. The van der Waals surface area contributed by atoms with E-state index in [9.17, 15) is 82.1 Å². The van der Waals surface area contributed by atoms with Gasteiger partial charge in [0.2, 0.25) is 6.29 Å². The summed E-state index contributed by atoms with van der Waals surface area (Å²) in [5.41, 5.74) is 12.5. The van der Waals surface area contributed by atoms with Crippen LogP contribution < -0.4 is 33.2 Å². The zero-order valence-electron chi connectivity index (χ0n) is 64.3. The quantitative estimate of drug-likeness (QED) is 0.0211. The minimum atomic E-state index is -1.18. The van der Waals surface area contributed by atoms with Gasteiger partial charge in [-0.25, -0.2) is 38.4 Å². The molecule has 123 heavy (non-hydrogen) atoms. The van der Waals surface area contributed by atoms with E-state index in [2.05, 4.69) is 51.7 Å². The third kappa shape index (κ3) is 30.0. The number of aromatic carboxylic acids is 7. The Bertz CT molecular complexity index is 5610. The second-order valence-electron chi connectivity index (χ2n) is 24.6. The van der Waals surface area contributed by atoms with Gasteiger partial charge >= 0.3 is 47.8 Å². The maximum atomic E-state index is 11.2. The number of nitrogens with zero attached hydrogens (tertiary/aromatic N) is 1. The fraction of sp³-hybridized carbons (Fsp3) is 0.0787. The lowest BCUT2D eigenvalue weighted by molar-refractivity contribution is -0.172. The molecule has 0 bridgehead atoms. The predicted molar refractivity (Wildman–Crippen MR) is 436 cm³/mol. The highest BCUT2D eigenvalue weighted by atomic mass is 79.9. The van der Waals surface area contributed by atoms with Gasteiger partial charge in [-0.1, -0.05) is 94.8 Å². The summed E-state index contributed by atoms with van der Waals surface area (Å²) in [6.45, 7) is 6.00. The molecule has 0 aliphatic carbocycles. The normalized spacial score (nSPS) is 11.6. The number of carbonyl (C=O) groups is 15. The molecular formula is C89H68BrNO32. The summed E-state index contributed by atoms with van der Waals surface area (Å²) in [5.74, 6) is -6.49. The Balaban J connectivity index is 0.000000232. The fourth-order valence-corrected chi connectivity index (χ4v) is 11.4. The van der Waals surface area contributed by atoms with Gasteiger partial charge in [-0.15, -0.1) is 0 Å². The summed E-state index contributed by atoms with van der Waals surface area (Å²) in [4.78, 5) is 157. The Morgan fingerprint density at radius 1 is 0.341 bits per heavy atom. The van der Waals surface area contributed by atoms with Crippen LogP contribution in [0.2, 0.25) is 0 Å². The molecule has 2 atom stereocenters. The molecule has 628 valence electrons. The maximum absolute atomic E-state index is 11.2. The topological polar surface area (TPSA) is 525 Å². The van der Waals surface area contributed by atoms with Crippen molar-refractivity contribution in [1.29, 1.82) is 5.26 Å². The van der Waals surface area contributed by atoms with Crippen molar-refractivity contribution in [2.24, 2.45) is 0 Å². The van der Waals surface area contributed by atoms with Crippen LogP contribution in [0.3, 0.4) is 0 Å². The van der Waals surface area contributed by atoms with Crippen molar-refractivity contribution in [2.45, 2.75) is 39.1 Å². The number of carboxylic acids is 8. The molecule has 0 saturated carbocycles. The highest BCUT2D eigenvalue weighted by molar-refractivity contribution is 9.10. The number of nitriles is 1. The van der Waals surface area contributed by atoms with E-state index in [-0.39, 0.29) is 99.9 Å². The van der Waals surface area contributed by atoms with Crippen LogP contribution in [0.25, 0.3) is 55.6 Å². The van der Waals surface area contributed by atoms with Gasteiger partial charge < -0.3 is 83.5 Å². The Morgan fingerprint density at radius 3 is 1.04 bits per heavy atom. The third-order valence-electron chi connectivity index (χ3n) is 16.6. The molecule has 11 aromatic carbocycles. The molecule has 0 amide bonds. The number of carboxylic acid groups (broad SMARTS) is 8. The average molecular weight is 1740 g/mol. The van der Waals surface area contributed by atoms with Crippen molar-refractivity contribution >= 4 is 109 Å². The van der Waals surface area contributed by atoms with Gasteiger partial charge in [0.25, 0.3) is 45.3 Å². The predicted octanol–water partition coefficient (Wildman–Crippen LogP) is 14.6. The fourth-order valence-electron chi connectivity index (χ4n) is 10.9. The van der Waals surface area contributed by atoms with Crippen molar-refractivity contribution in [3.8, 4) is 102 Å². The first kappa shape index (κ1) is 95.0. The summed E-state index contributed by atoms with van der Waals surface area (Å²) in [6.07, 6.45) is -0.641. The number of methoxy groups -OCH3 is 1. The van der Waals surface area contributed by atoms with Crippen molar-refractivity contribution in [3.63, 3.8) is 0 Å². The molecular weight excluding hydrogens is 1670 g/mol. The maximum Gasteiger partial charge on any atom is 0.335 e. The minimum absolute atomic E-state index is 0.00111. The number of hydrogen-bond acceptors (Lipinski definition) is 25. The molecule has 2 unspecified atom stereocenters. The smallest absolute Gasteiger partial charge is 0.335 e. The van der Waals surface area contributed by atoms with Crippen LogP contribution in [-0.4, -0.2) is 153 Å². The monoisotopic (exact) mass is 1740 g/mol. The lowest BCUT2D eigenvalue weighted by atomic mass is 9.91. The minimum Gasteiger partial charge on any atom is -0.497 e. The van der Waals surface area contributed by atoms with E-state index in [1.807, 2.05) is 68.4 Å². The molecule has 8 N–H and O–H groups in total. The summed E-state index contributed by atoms with van der Waals surface area (Å²) < 4.78 is 42.2. The van der Waals surface area contributed by atoms with E-state index in [1.165, 1.54) is 79.9 Å². The van der Waals surface area contributed by atoms with Crippen LogP contribution in [0, 0.1) is 25.2 Å². The third-order valence-corrected chi connectivity index (χ3v) is 17.1. The zero-order chi connectivity index (χ0) is 90.2. The molecule has 0 spiro atoms. The zero-order valence-corrected chi connectivity index (χ0v) is 65.8. The molecule has 12 rings (SSSR count). The first-order chi connectivity index (χ1) is 58.9. The van der Waals surface area contributed by atoms with Crippen LogP contribution in [0.5, 0.6) is 40.2 Å². The lowest BCUT2D eigenvalue weighted by Crippen LogP contribution is -2.21. The van der Waals surface area contributed by atoms with Crippen LogP contribution in [-0.2, 0) is 47.8 Å². The summed E-state index contributed by atoms with van der Waals surface area (Å²) in [5, 5.41) is 78.9. The summed E-state index contributed by atoms with van der Waals surface area (Å²) in [7, 11) is 1.39. The van der Waals surface area contributed by atoms with Crippen molar-refractivity contribution in [2.75, 3.05) is 7.11 Å². The van der Waals surface area contributed by atoms with E-state index in [1.54, 1.807) is 91.0 Å². The molecule has 0 radical (unpaired) electrons. The lowest BCUT2D eigenvalue weighted by Gasteiger charge is -2.13. The van der Waals surface area contributed by atoms with E-state index >= 15 is 0 Å². The molecule has 1 heterocycles. The van der Waals surface area contributed by atoms with Gasteiger partial charge in [0.1, 0.15) is 40.2 Å². The summed E-state index contributed by atoms with van der Waals surface area (Å²) >= 11 is 3.09.